The van der Waals surface area contributed by atoms with Crippen LogP contribution < -0.4 is 5.56 Å². The van der Waals surface area contributed by atoms with Crippen molar-refractivity contribution in [2.45, 2.75) is 6.92 Å². The molecule has 0 atom stereocenters. The molecule has 8 heteroatoms. The van der Waals surface area contributed by atoms with Crippen molar-refractivity contribution in [2.75, 3.05) is 0 Å². The van der Waals surface area contributed by atoms with Crippen LogP contribution in [0.3, 0.4) is 0 Å². The van der Waals surface area contributed by atoms with Gasteiger partial charge >= 0.3 is 0 Å². The Kier molecular flexibility index (Phi) is 4.29. The van der Waals surface area contributed by atoms with Gasteiger partial charge in [0, 0.05) is 42.4 Å². The molecule has 0 bridgehead atoms. The van der Waals surface area contributed by atoms with Crippen LogP contribution in [-0.2, 0) is 0 Å². The molecule has 28 heavy (non-hydrogen) atoms. The molecule has 0 aliphatic rings. The van der Waals surface area contributed by atoms with Crippen molar-refractivity contribution in [3.63, 3.8) is 0 Å². The van der Waals surface area contributed by atoms with E-state index in [4.69, 9.17) is 0 Å². The van der Waals surface area contributed by atoms with Crippen molar-refractivity contribution in [3.05, 3.63) is 98.3 Å². The quantitative estimate of drug-likeness (QED) is 0.404. The molecular formula is C20H15N5O3. The first-order valence-corrected chi connectivity index (χ1v) is 8.48. The summed E-state index contributed by atoms with van der Waals surface area (Å²) in [5, 5.41) is 10.8. The molecule has 4 rings (SSSR count). The topological polar surface area (TPSA) is 95.3 Å². The van der Waals surface area contributed by atoms with Crippen LogP contribution >= 0.6 is 0 Å². The average Bonchev–Trinajstić information content (AvgIpc) is 3.04. The predicted octanol–water partition coefficient (Wildman–Crippen LogP) is 3.27. The highest BCUT2D eigenvalue weighted by molar-refractivity contribution is 5.68. The van der Waals surface area contributed by atoms with Gasteiger partial charge in [-0.25, -0.2) is 4.98 Å². The fraction of sp³-hybridized carbons (Fsp3) is 0.0500. The third-order valence-electron chi connectivity index (χ3n) is 4.26. The van der Waals surface area contributed by atoms with Crippen molar-refractivity contribution in [3.8, 4) is 5.69 Å². The van der Waals surface area contributed by atoms with Gasteiger partial charge in [-0.1, -0.05) is 12.1 Å². The molecule has 0 saturated heterocycles. The third-order valence-corrected chi connectivity index (χ3v) is 4.26. The lowest BCUT2D eigenvalue weighted by Crippen LogP contribution is -2.20. The van der Waals surface area contributed by atoms with Crippen LogP contribution in [0.4, 0.5) is 5.69 Å². The van der Waals surface area contributed by atoms with Gasteiger partial charge in [0.2, 0.25) is 0 Å². The lowest BCUT2D eigenvalue weighted by Gasteiger charge is -2.06. The largest absolute Gasteiger partial charge is 0.273 e. The molecule has 0 amide bonds. The lowest BCUT2D eigenvalue weighted by molar-refractivity contribution is -0.384. The van der Waals surface area contributed by atoms with Gasteiger partial charge in [-0.15, -0.1) is 0 Å². The summed E-state index contributed by atoms with van der Waals surface area (Å²) in [7, 11) is 0. The molecule has 0 fully saturated rings. The summed E-state index contributed by atoms with van der Waals surface area (Å²) in [6, 6.07) is 11.2. The number of aryl methyl sites for hydroxylation is 1. The molecule has 0 N–H and O–H groups in total. The first kappa shape index (κ1) is 17.3. The Morgan fingerprint density at radius 3 is 2.61 bits per heavy atom. The fourth-order valence-corrected chi connectivity index (χ4v) is 2.91. The summed E-state index contributed by atoms with van der Waals surface area (Å²) in [5.74, 6) is 0. The summed E-state index contributed by atoms with van der Waals surface area (Å²) in [5.41, 5.74) is 3.16. The number of nitro groups is 1. The van der Waals surface area contributed by atoms with E-state index in [-0.39, 0.29) is 11.2 Å². The van der Waals surface area contributed by atoms with Crippen molar-refractivity contribution >= 4 is 23.5 Å². The van der Waals surface area contributed by atoms with Gasteiger partial charge in [-0.2, -0.15) is 4.52 Å². The maximum atomic E-state index is 12.7. The second kappa shape index (κ2) is 6.92. The summed E-state index contributed by atoms with van der Waals surface area (Å²) in [6.45, 7) is 1.86. The summed E-state index contributed by atoms with van der Waals surface area (Å²) < 4.78 is 3.08. The van der Waals surface area contributed by atoms with E-state index in [9.17, 15) is 14.9 Å². The summed E-state index contributed by atoms with van der Waals surface area (Å²) >= 11 is 0. The molecule has 0 spiro atoms. The Morgan fingerprint density at radius 1 is 1.14 bits per heavy atom. The van der Waals surface area contributed by atoms with Crippen LogP contribution in [0.5, 0.6) is 0 Å². The number of benzene rings is 1. The molecule has 0 saturated carbocycles. The molecule has 8 nitrogen and oxygen atoms in total. The first-order valence-electron chi connectivity index (χ1n) is 8.48. The molecule has 1 aromatic carbocycles. The Hall–Kier alpha value is -4.07. The van der Waals surface area contributed by atoms with Crippen LogP contribution in [0.15, 0.2) is 65.8 Å². The number of nitrogens with zero attached hydrogens (tertiary/aromatic N) is 5. The first-order chi connectivity index (χ1) is 13.5. The van der Waals surface area contributed by atoms with Gasteiger partial charge < -0.3 is 0 Å². The molecular weight excluding hydrogens is 358 g/mol. The molecule has 0 unspecified atom stereocenters. The van der Waals surface area contributed by atoms with Crippen LogP contribution in [0.25, 0.3) is 23.5 Å². The zero-order valence-corrected chi connectivity index (χ0v) is 14.9. The molecule has 138 valence electrons. The Bertz CT molecular complexity index is 1250. The Labute approximate surface area is 159 Å². The van der Waals surface area contributed by atoms with Gasteiger partial charge in [-0.3, -0.25) is 24.6 Å². The normalized spacial score (nSPS) is 11.3. The second-order valence-electron chi connectivity index (χ2n) is 6.20. The second-order valence-corrected chi connectivity index (χ2v) is 6.20. The number of fused-ring (bicyclic) bond motifs is 1. The monoisotopic (exact) mass is 373 g/mol. The van der Waals surface area contributed by atoms with Crippen molar-refractivity contribution in [2.24, 2.45) is 0 Å². The number of hydrogen-bond donors (Lipinski definition) is 0. The Balaban J connectivity index is 1.78. The van der Waals surface area contributed by atoms with Crippen molar-refractivity contribution in [1.29, 1.82) is 0 Å². The minimum Gasteiger partial charge on any atom is -0.267 e. The van der Waals surface area contributed by atoms with E-state index in [0.717, 1.165) is 11.1 Å². The van der Waals surface area contributed by atoms with Gasteiger partial charge in [0.15, 0.2) is 5.65 Å². The molecule has 3 heterocycles. The zero-order chi connectivity index (χ0) is 19.7. The fourth-order valence-electron chi connectivity index (χ4n) is 2.91. The minimum absolute atomic E-state index is 0.00905. The molecule has 0 radical (unpaired) electrons. The predicted molar refractivity (Wildman–Crippen MR) is 105 cm³/mol. The Morgan fingerprint density at radius 2 is 1.93 bits per heavy atom. The maximum Gasteiger partial charge on any atom is 0.273 e. The van der Waals surface area contributed by atoms with Crippen molar-refractivity contribution in [1.82, 2.24) is 19.2 Å². The maximum absolute atomic E-state index is 12.7. The van der Waals surface area contributed by atoms with E-state index in [1.807, 2.05) is 25.1 Å². The summed E-state index contributed by atoms with van der Waals surface area (Å²) in [6.07, 6.45) is 8.80. The standard InChI is InChI=1S/C20H15N5O3/c1-14-13-23(17-6-8-18(9-7-17)25(27)28)24-19(26)11-16(22-20(14)24)5-4-15-3-2-10-21-12-15/h2-13H,1H3/b5-4+. The van der Waals surface area contributed by atoms with Crippen molar-refractivity contribution < 1.29 is 4.92 Å². The lowest BCUT2D eigenvalue weighted by atomic mass is 10.2. The van der Waals surface area contributed by atoms with Crippen LogP contribution in [-0.4, -0.2) is 24.1 Å². The number of rotatable bonds is 4. The van der Waals surface area contributed by atoms with E-state index in [1.54, 1.807) is 41.5 Å². The zero-order valence-electron chi connectivity index (χ0n) is 14.9. The SMILES string of the molecule is Cc1cn(-c2ccc([N+](=O)[O-])cc2)n2c(=O)cc(/C=C/c3cccnc3)nc12. The van der Waals surface area contributed by atoms with Crippen LogP contribution in [0.2, 0.25) is 0 Å². The number of hydrogen-bond acceptors (Lipinski definition) is 5. The van der Waals surface area contributed by atoms with Gasteiger partial charge in [0.05, 0.1) is 16.3 Å². The van der Waals surface area contributed by atoms with E-state index >= 15 is 0 Å². The average molecular weight is 373 g/mol. The third kappa shape index (κ3) is 3.18. The number of pyridine rings is 1. The molecule has 0 aliphatic heterocycles. The number of nitro benzene ring substituents is 1. The van der Waals surface area contributed by atoms with E-state index in [1.165, 1.54) is 22.7 Å². The highest BCUT2D eigenvalue weighted by atomic mass is 16.6. The smallest absolute Gasteiger partial charge is 0.267 e. The summed E-state index contributed by atoms with van der Waals surface area (Å²) in [4.78, 5) is 31.7. The van der Waals surface area contributed by atoms with Crippen LogP contribution in [0.1, 0.15) is 16.8 Å². The number of aromatic nitrogens is 4. The van der Waals surface area contributed by atoms with Gasteiger partial charge in [0.25, 0.3) is 11.2 Å². The van der Waals surface area contributed by atoms with E-state index < -0.39 is 4.92 Å². The number of non-ortho nitro benzene ring substituents is 1. The minimum atomic E-state index is -0.461. The van der Waals surface area contributed by atoms with Gasteiger partial charge in [0.1, 0.15) is 0 Å². The van der Waals surface area contributed by atoms with E-state index in [0.29, 0.717) is 17.0 Å². The van der Waals surface area contributed by atoms with Crippen LogP contribution in [0, 0.1) is 17.0 Å². The van der Waals surface area contributed by atoms with E-state index in [2.05, 4.69) is 9.97 Å². The highest BCUT2D eigenvalue weighted by Gasteiger charge is 2.12. The molecule has 4 aromatic rings. The van der Waals surface area contributed by atoms with Gasteiger partial charge in [-0.05, 0) is 36.8 Å². The molecule has 0 aliphatic carbocycles. The highest BCUT2D eigenvalue weighted by Crippen LogP contribution is 2.18. The molecule has 3 aromatic heterocycles.